The van der Waals surface area contributed by atoms with E-state index < -0.39 is 10.0 Å². The van der Waals surface area contributed by atoms with Crippen molar-refractivity contribution >= 4 is 21.6 Å². The van der Waals surface area contributed by atoms with Crippen LogP contribution in [0.2, 0.25) is 0 Å². The molecule has 7 nitrogen and oxygen atoms in total. The molecule has 0 spiro atoms. The van der Waals surface area contributed by atoms with Crippen molar-refractivity contribution < 1.29 is 13.2 Å². The van der Waals surface area contributed by atoms with E-state index in [0.717, 1.165) is 17.6 Å². The zero-order valence-corrected chi connectivity index (χ0v) is 18.0. The monoisotopic (exact) mass is 426 g/mol. The van der Waals surface area contributed by atoms with Gasteiger partial charge in [0.15, 0.2) is 0 Å². The molecule has 0 saturated carbocycles. The van der Waals surface area contributed by atoms with E-state index in [2.05, 4.69) is 18.8 Å². The third kappa shape index (κ3) is 3.85. The topological polar surface area (TPSA) is 75.0 Å². The van der Waals surface area contributed by atoms with Crippen LogP contribution in [0.1, 0.15) is 42.1 Å². The zero-order valence-electron chi connectivity index (χ0n) is 17.2. The summed E-state index contributed by atoms with van der Waals surface area (Å²) in [6, 6.07) is 10.7. The minimum atomic E-state index is -3.56. The molecular weight excluding hydrogens is 400 g/mol. The lowest BCUT2D eigenvalue weighted by Gasteiger charge is -2.34. The van der Waals surface area contributed by atoms with E-state index in [1.807, 2.05) is 12.1 Å². The lowest BCUT2D eigenvalue weighted by Crippen LogP contribution is -2.50. The first kappa shape index (κ1) is 20.6. The van der Waals surface area contributed by atoms with E-state index in [1.54, 1.807) is 52.2 Å². The second kappa shape index (κ2) is 8.20. The summed E-state index contributed by atoms with van der Waals surface area (Å²) in [7, 11) is -3.56. The van der Waals surface area contributed by atoms with Gasteiger partial charge in [-0.1, -0.05) is 26.0 Å². The average molecular weight is 427 g/mol. The van der Waals surface area contributed by atoms with Crippen molar-refractivity contribution in [1.82, 2.24) is 18.6 Å². The quantitative estimate of drug-likeness (QED) is 0.629. The molecule has 158 valence electrons. The van der Waals surface area contributed by atoms with Gasteiger partial charge in [-0.2, -0.15) is 4.31 Å². The van der Waals surface area contributed by atoms with Gasteiger partial charge in [0.25, 0.3) is 5.91 Å². The minimum Gasteiger partial charge on any atom is -0.336 e. The van der Waals surface area contributed by atoms with E-state index in [-0.39, 0.29) is 19.0 Å². The lowest BCUT2D eigenvalue weighted by atomic mass is 9.99. The zero-order chi connectivity index (χ0) is 21.3. The van der Waals surface area contributed by atoms with E-state index in [0.29, 0.717) is 29.5 Å². The molecule has 8 heteroatoms. The van der Waals surface area contributed by atoms with Gasteiger partial charge in [-0.05, 0) is 42.2 Å². The Balaban J connectivity index is 1.43. The summed E-state index contributed by atoms with van der Waals surface area (Å²) in [5, 5.41) is 0. The number of hydrogen-bond acceptors (Lipinski definition) is 4. The van der Waals surface area contributed by atoms with Crippen molar-refractivity contribution in [2.45, 2.75) is 31.1 Å². The van der Waals surface area contributed by atoms with Gasteiger partial charge in [-0.25, -0.2) is 13.4 Å². The maximum Gasteiger partial charge on any atom is 0.255 e. The van der Waals surface area contributed by atoms with Crippen LogP contribution < -0.4 is 0 Å². The number of piperazine rings is 1. The number of carbonyl (C=O) groups excluding carboxylic acids is 1. The molecule has 1 saturated heterocycles. The molecule has 3 aromatic rings. The second-order valence-corrected chi connectivity index (χ2v) is 9.62. The van der Waals surface area contributed by atoms with Crippen molar-refractivity contribution in [2.75, 3.05) is 26.2 Å². The summed E-state index contributed by atoms with van der Waals surface area (Å²) in [6.45, 7) is 5.55. The largest absolute Gasteiger partial charge is 0.336 e. The Morgan fingerprint density at radius 3 is 2.43 bits per heavy atom. The fraction of sp³-hybridized carbons (Fsp3) is 0.364. The number of imidazole rings is 1. The predicted molar refractivity (Wildman–Crippen MR) is 115 cm³/mol. The number of nitrogens with zero attached hydrogens (tertiary/aromatic N) is 4. The summed E-state index contributed by atoms with van der Waals surface area (Å²) in [6.07, 6.45) is 6.24. The van der Waals surface area contributed by atoms with E-state index in [1.165, 1.54) is 4.31 Å². The van der Waals surface area contributed by atoms with Crippen molar-refractivity contribution in [2.24, 2.45) is 0 Å². The number of fused-ring (bicyclic) bond motifs is 1. The number of amides is 1. The highest BCUT2D eigenvalue weighted by Crippen LogP contribution is 2.23. The number of carbonyl (C=O) groups is 1. The van der Waals surface area contributed by atoms with Crippen LogP contribution in [0.15, 0.2) is 59.9 Å². The maximum atomic E-state index is 13.0. The number of benzene rings is 1. The van der Waals surface area contributed by atoms with Gasteiger partial charge < -0.3 is 9.30 Å². The third-order valence-electron chi connectivity index (χ3n) is 5.86. The van der Waals surface area contributed by atoms with Gasteiger partial charge in [-0.15, -0.1) is 0 Å². The van der Waals surface area contributed by atoms with Crippen LogP contribution in [0.25, 0.3) is 5.65 Å². The Bertz CT molecular complexity index is 1150. The summed E-state index contributed by atoms with van der Waals surface area (Å²) in [4.78, 5) is 19.0. The molecule has 2 aromatic heterocycles. The van der Waals surface area contributed by atoms with Crippen LogP contribution in [-0.4, -0.2) is 59.1 Å². The molecule has 0 aliphatic carbocycles. The van der Waals surface area contributed by atoms with Crippen LogP contribution in [0.5, 0.6) is 0 Å². The Labute approximate surface area is 177 Å². The molecule has 1 amide bonds. The standard InChI is InChI=1S/C22H26N4O3S/c1-3-17(2)18-4-7-20(8-5-18)30(28,29)26-14-12-24(13-15-26)22(27)19-6-9-21-23-10-11-25(21)16-19/h4-11,16-17H,3,12-15H2,1-2H3. The first-order valence-electron chi connectivity index (χ1n) is 10.2. The lowest BCUT2D eigenvalue weighted by molar-refractivity contribution is 0.0697. The minimum absolute atomic E-state index is 0.0967. The fourth-order valence-corrected chi connectivity index (χ4v) is 5.14. The number of hydrogen-bond donors (Lipinski definition) is 0. The van der Waals surface area contributed by atoms with E-state index in [9.17, 15) is 13.2 Å². The summed E-state index contributed by atoms with van der Waals surface area (Å²) in [5.74, 6) is 0.304. The predicted octanol–water partition coefficient (Wildman–Crippen LogP) is 2.99. The molecule has 1 atom stereocenters. The van der Waals surface area contributed by atoms with Gasteiger partial charge in [0, 0.05) is 44.8 Å². The highest BCUT2D eigenvalue weighted by Gasteiger charge is 2.30. The average Bonchev–Trinajstić information content (AvgIpc) is 3.26. The highest BCUT2D eigenvalue weighted by molar-refractivity contribution is 7.89. The molecule has 1 fully saturated rings. The van der Waals surface area contributed by atoms with Crippen LogP contribution in [-0.2, 0) is 10.0 Å². The first-order chi connectivity index (χ1) is 14.4. The van der Waals surface area contributed by atoms with Gasteiger partial charge >= 0.3 is 0 Å². The highest BCUT2D eigenvalue weighted by atomic mass is 32.2. The van der Waals surface area contributed by atoms with Crippen LogP contribution in [0.4, 0.5) is 0 Å². The summed E-state index contributed by atoms with van der Waals surface area (Å²) >= 11 is 0. The van der Waals surface area contributed by atoms with Crippen molar-refractivity contribution in [3.05, 3.63) is 66.1 Å². The van der Waals surface area contributed by atoms with Crippen LogP contribution >= 0.6 is 0 Å². The molecule has 3 heterocycles. The van der Waals surface area contributed by atoms with Crippen LogP contribution in [0.3, 0.4) is 0 Å². The molecule has 0 radical (unpaired) electrons. The molecule has 0 N–H and O–H groups in total. The van der Waals surface area contributed by atoms with Crippen molar-refractivity contribution in [1.29, 1.82) is 0 Å². The van der Waals surface area contributed by atoms with E-state index in [4.69, 9.17) is 0 Å². The van der Waals surface area contributed by atoms with Crippen molar-refractivity contribution in [3.8, 4) is 0 Å². The van der Waals surface area contributed by atoms with Gasteiger partial charge in [0.1, 0.15) is 5.65 Å². The molecule has 1 aliphatic rings. The first-order valence-corrected chi connectivity index (χ1v) is 11.7. The SMILES string of the molecule is CCC(C)c1ccc(S(=O)(=O)N2CCN(C(=O)c3ccc4nccn4c3)CC2)cc1. The Hall–Kier alpha value is -2.71. The fourth-order valence-electron chi connectivity index (χ4n) is 3.71. The molecule has 1 aliphatic heterocycles. The summed E-state index contributed by atoms with van der Waals surface area (Å²) < 4.78 is 29.3. The molecule has 1 aromatic carbocycles. The third-order valence-corrected chi connectivity index (χ3v) is 7.77. The number of rotatable bonds is 5. The van der Waals surface area contributed by atoms with Crippen molar-refractivity contribution in [3.63, 3.8) is 0 Å². The van der Waals surface area contributed by atoms with Gasteiger partial charge in [0.05, 0.1) is 10.5 Å². The number of pyridine rings is 1. The Morgan fingerprint density at radius 1 is 1.07 bits per heavy atom. The maximum absolute atomic E-state index is 13.0. The van der Waals surface area contributed by atoms with Crippen LogP contribution in [0, 0.1) is 0 Å². The molecule has 0 bridgehead atoms. The smallest absolute Gasteiger partial charge is 0.255 e. The Morgan fingerprint density at radius 2 is 1.77 bits per heavy atom. The molecule has 4 rings (SSSR count). The number of sulfonamides is 1. The van der Waals surface area contributed by atoms with Gasteiger partial charge in [0.2, 0.25) is 10.0 Å². The molecule has 1 unspecified atom stereocenters. The van der Waals surface area contributed by atoms with Gasteiger partial charge in [-0.3, -0.25) is 4.79 Å². The normalized spacial score (nSPS) is 16.7. The summed E-state index contributed by atoms with van der Waals surface area (Å²) in [5.41, 5.74) is 2.49. The number of aromatic nitrogens is 2. The Kier molecular flexibility index (Phi) is 5.62. The van der Waals surface area contributed by atoms with E-state index >= 15 is 0 Å². The second-order valence-electron chi connectivity index (χ2n) is 7.69. The molecule has 30 heavy (non-hydrogen) atoms. The molecular formula is C22H26N4O3S.